The van der Waals surface area contributed by atoms with Crippen LogP contribution < -0.4 is 15.5 Å². The van der Waals surface area contributed by atoms with Gasteiger partial charge in [-0.1, -0.05) is 36.4 Å². The lowest BCUT2D eigenvalue weighted by molar-refractivity contribution is -0.135. The van der Waals surface area contributed by atoms with Crippen molar-refractivity contribution >= 4 is 29.2 Å². The number of hydrogen-bond acceptors (Lipinski definition) is 5. The van der Waals surface area contributed by atoms with Gasteiger partial charge in [-0.05, 0) is 85.2 Å². The number of aliphatic carboxylic acids is 1. The van der Waals surface area contributed by atoms with Gasteiger partial charge < -0.3 is 20.6 Å². The average molecular weight is 580 g/mol. The van der Waals surface area contributed by atoms with E-state index < -0.39 is 18.4 Å². The molecule has 0 radical (unpaired) electrons. The molecule has 0 atom stereocenters. The monoisotopic (exact) mass is 579 g/mol. The van der Waals surface area contributed by atoms with Crippen LogP contribution in [0.4, 0.5) is 11.4 Å². The summed E-state index contributed by atoms with van der Waals surface area (Å²) in [7, 11) is 0. The first-order valence-electron chi connectivity index (χ1n) is 14.6. The number of aromatic nitrogens is 2. The van der Waals surface area contributed by atoms with Crippen molar-refractivity contribution in [1.29, 1.82) is 0 Å². The molecule has 2 amide bonds. The number of rotatable bonds is 11. The smallest absolute Gasteiger partial charge is 0.322 e. The maximum absolute atomic E-state index is 13.3. The SMILES string of the molecule is Cc1cccc(NCCCC(=O)N2CCCc3c(-c4cnn(Cc5cccc(C(=O)NCC(=O)O)c5)c4)cccc32)c1C. The molecule has 5 rings (SSSR count). The third-order valence-electron chi connectivity index (χ3n) is 7.92. The molecule has 1 aliphatic rings. The number of amides is 2. The minimum Gasteiger partial charge on any atom is -0.480 e. The van der Waals surface area contributed by atoms with Gasteiger partial charge in [0.1, 0.15) is 6.54 Å². The van der Waals surface area contributed by atoms with Crippen molar-refractivity contribution in [1.82, 2.24) is 15.1 Å². The van der Waals surface area contributed by atoms with Crippen LogP contribution in [-0.4, -0.2) is 52.3 Å². The van der Waals surface area contributed by atoms with Gasteiger partial charge in [-0.25, -0.2) is 0 Å². The number of carbonyl (C=O) groups excluding carboxylic acids is 2. The topological polar surface area (TPSA) is 117 Å². The van der Waals surface area contributed by atoms with Crippen molar-refractivity contribution in [3.63, 3.8) is 0 Å². The molecule has 43 heavy (non-hydrogen) atoms. The van der Waals surface area contributed by atoms with Gasteiger partial charge in [0.25, 0.3) is 5.91 Å². The van der Waals surface area contributed by atoms with Gasteiger partial charge in [0.15, 0.2) is 0 Å². The molecule has 1 aromatic heterocycles. The lowest BCUT2D eigenvalue weighted by atomic mass is 9.93. The lowest BCUT2D eigenvalue weighted by Gasteiger charge is -2.31. The third kappa shape index (κ3) is 7.12. The summed E-state index contributed by atoms with van der Waals surface area (Å²) in [5.41, 5.74) is 9.06. The normalized spacial score (nSPS) is 12.5. The number of hydrogen-bond donors (Lipinski definition) is 3. The highest BCUT2D eigenvalue weighted by atomic mass is 16.4. The molecular weight excluding hydrogens is 542 g/mol. The van der Waals surface area contributed by atoms with Gasteiger partial charge in [-0.15, -0.1) is 0 Å². The highest BCUT2D eigenvalue weighted by molar-refractivity contribution is 5.96. The maximum Gasteiger partial charge on any atom is 0.322 e. The molecule has 0 fully saturated rings. The van der Waals surface area contributed by atoms with Gasteiger partial charge >= 0.3 is 5.97 Å². The summed E-state index contributed by atoms with van der Waals surface area (Å²) in [6, 6.07) is 19.4. The van der Waals surface area contributed by atoms with E-state index >= 15 is 0 Å². The van der Waals surface area contributed by atoms with Crippen LogP contribution >= 0.6 is 0 Å². The van der Waals surface area contributed by atoms with Crippen LogP contribution in [0.1, 0.15) is 51.9 Å². The molecular formula is C34H37N5O4. The largest absolute Gasteiger partial charge is 0.480 e. The van der Waals surface area contributed by atoms with Crippen molar-refractivity contribution in [3.05, 3.63) is 101 Å². The van der Waals surface area contributed by atoms with E-state index in [1.54, 1.807) is 18.2 Å². The van der Waals surface area contributed by atoms with Gasteiger partial charge in [0.2, 0.25) is 5.91 Å². The summed E-state index contributed by atoms with van der Waals surface area (Å²) >= 11 is 0. The molecule has 0 saturated carbocycles. The van der Waals surface area contributed by atoms with Crippen LogP contribution in [0.15, 0.2) is 73.1 Å². The van der Waals surface area contributed by atoms with E-state index in [0.29, 0.717) is 18.5 Å². The van der Waals surface area contributed by atoms with E-state index in [9.17, 15) is 14.4 Å². The molecule has 0 saturated heterocycles. The van der Waals surface area contributed by atoms with Gasteiger partial charge in [0, 0.05) is 48.2 Å². The van der Waals surface area contributed by atoms with Gasteiger partial charge in [-0.3, -0.25) is 19.1 Å². The molecule has 222 valence electrons. The summed E-state index contributed by atoms with van der Waals surface area (Å²) in [6.45, 7) is 5.70. The third-order valence-corrected chi connectivity index (χ3v) is 7.92. The fourth-order valence-corrected chi connectivity index (χ4v) is 5.54. The summed E-state index contributed by atoms with van der Waals surface area (Å²) in [4.78, 5) is 38.3. The lowest BCUT2D eigenvalue weighted by Crippen LogP contribution is -2.35. The van der Waals surface area contributed by atoms with E-state index in [4.69, 9.17) is 5.11 Å². The Kier molecular flexibility index (Phi) is 9.20. The zero-order valence-corrected chi connectivity index (χ0v) is 24.6. The predicted molar refractivity (Wildman–Crippen MR) is 167 cm³/mol. The molecule has 1 aliphatic heterocycles. The first kappa shape index (κ1) is 29.6. The summed E-state index contributed by atoms with van der Waals surface area (Å²) in [5.74, 6) is -1.38. The number of carbonyl (C=O) groups is 3. The number of nitrogens with one attached hydrogen (secondary N) is 2. The first-order valence-corrected chi connectivity index (χ1v) is 14.6. The Morgan fingerprint density at radius 1 is 1.02 bits per heavy atom. The molecule has 0 spiro atoms. The number of aryl methyl sites for hydroxylation is 1. The molecule has 0 aliphatic carbocycles. The summed E-state index contributed by atoms with van der Waals surface area (Å²) in [6.07, 6.45) is 6.84. The fraction of sp³-hybridized carbons (Fsp3) is 0.294. The molecule has 9 heteroatoms. The Labute approximate surface area is 251 Å². The molecule has 3 N–H and O–H groups in total. The zero-order valence-electron chi connectivity index (χ0n) is 24.6. The number of fused-ring (bicyclic) bond motifs is 1. The van der Waals surface area contributed by atoms with Crippen molar-refractivity contribution in [2.75, 3.05) is 29.9 Å². The minimum atomic E-state index is -1.09. The van der Waals surface area contributed by atoms with Crippen LogP contribution in [0.25, 0.3) is 11.1 Å². The number of carboxylic acids is 1. The maximum atomic E-state index is 13.3. The predicted octanol–water partition coefficient (Wildman–Crippen LogP) is 5.20. The van der Waals surface area contributed by atoms with Crippen LogP contribution in [0.5, 0.6) is 0 Å². The Morgan fingerprint density at radius 3 is 2.67 bits per heavy atom. The zero-order chi connectivity index (χ0) is 30.3. The Morgan fingerprint density at radius 2 is 1.84 bits per heavy atom. The van der Waals surface area contributed by atoms with E-state index in [1.807, 2.05) is 46.2 Å². The minimum absolute atomic E-state index is 0.142. The van der Waals surface area contributed by atoms with E-state index in [2.05, 4.69) is 47.8 Å². The Hall–Kier alpha value is -4.92. The Balaban J connectivity index is 1.24. The molecule has 2 heterocycles. The first-order chi connectivity index (χ1) is 20.8. The van der Waals surface area contributed by atoms with E-state index in [0.717, 1.165) is 66.0 Å². The second kappa shape index (κ2) is 13.4. The quantitative estimate of drug-likeness (QED) is 0.210. The second-order valence-electron chi connectivity index (χ2n) is 10.9. The van der Waals surface area contributed by atoms with Crippen LogP contribution in [0.3, 0.4) is 0 Å². The van der Waals surface area contributed by atoms with Crippen LogP contribution in [0.2, 0.25) is 0 Å². The van der Waals surface area contributed by atoms with Crippen molar-refractivity contribution < 1.29 is 19.5 Å². The van der Waals surface area contributed by atoms with Gasteiger partial charge in [-0.2, -0.15) is 5.10 Å². The molecule has 3 aromatic carbocycles. The van der Waals surface area contributed by atoms with Gasteiger partial charge in [0.05, 0.1) is 12.7 Å². The van der Waals surface area contributed by atoms with Crippen molar-refractivity contribution in [2.45, 2.75) is 46.1 Å². The molecule has 4 aromatic rings. The number of anilines is 2. The van der Waals surface area contributed by atoms with E-state index in [1.165, 1.54) is 11.1 Å². The molecule has 0 bridgehead atoms. The number of carboxylic acid groups (broad SMARTS) is 1. The molecule has 0 unspecified atom stereocenters. The number of nitrogens with zero attached hydrogens (tertiary/aromatic N) is 3. The van der Waals surface area contributed by atoms with E-state index in [-0.39, 0.29) is 5.91 Å². The fourth-order valence-electron chi connectivity index (χ4n) is 5.54. The standard InChI is InChI=1S/C34H37N5O4/c1-23-8-3-13-30(24(23)2)35-16-6-15-32(40)39-17-7-12-29-28(11-5-14-31(29)39)27-19-37-38(22-27)21-25-9-4-10-26(18-25)34(43)36-20-33(41)42/h3-5,8-11,13-14,18-19,22,35H,6-7,12,15-17,20-21H2,1-2H3,(H,36,43)(H,41,42). The average Bonchev–Trinajstić information content (AvgIpc) is 3.47. The Bertz CT molecular complexity index is 1640. The highest BCUT2D eigenvalue weighted by Crippen LogP contribution is 2.36. The second-order valence-corrected chi connectivity index (χ2v) is 10.9. The van der Waals surface area contributed by atoms with Crippen LogP contribution in [0, 0.1) is 13.8 Å². The highest BCUT2D eigenvalue weighted by Gasteiger charge is 2.24. The molecule has 9 nitrogen and oxygen atoms in total. The summed E-state index contributed by atoms with van der Waals surface area (Å²) < 4.78 is 1.82. The number of benzene rings is 3. The summed E-state index contributed by atoms with van der Waals surface area (Å²) in [5, 5.41) is 19.2. The van der Waals surface area contributed by atoms with Crippen molar-refractivity contribution in [3.8, 4) is 11.1 Å². The van der Waals surface area contributed by atoms with Crippen LogP contribution in [-0.2, 0) is 22.6 Å². The van der Waals surface area contributed by atoms with Crippen molar-refractivity contribution in [2.24, 2.45) is 0 Å².